The van der Waals surface area contributed by atoms with Gasteiger partial charge in [-0.05, 0) is 30.4 Å². The number of aryl methyl sites for hydroxylation is 1. The first-order chi connectivity index (χ1) is 7.89. The van der Waals surface area contributed by atoms with Crippen molar-refractivity contribution in [2.75, 3.05) is 0 Å². The number of alkyl halides is 2. The predicted molar refractivity (Wildman–Crippen MR) is 61.7 cm³/mol. The molecule has 0 saturated heterocycles. The Hall–Kier alpha value is -0.970. The van der Waals surface area contributed by atoms with Crippen molar-refractivity contribution >= 4 is 17.3 Å². The van der Waals surface area contributed by atoms with E-state index in [-0.39, 0.29) is 19.3 Å². The van der Waals surface area contributed by atoms with Crippen LogP contribution in [0.1, 0.15) is 35.6 Å². The van der Waals surface area contributed by atoms with Gasteiger partial charge in [-0.25, -0.2) is 8.78 Å². The molecule has 1 aliphatic carbocycles. The minimum atomic E-state index is -2.73. The van der Waals surface area contributed by atoms with Gasteiger partial charge in [0.25, 0.3) is 0 Å². The van der Waals surface area contributed by atoms with Gasteiger partial charge in [-0.2, -0.15) is 0 Å². The van der Waals surface area contributed by atoms with Crippen LogP contribution in [0.3, 0.4) is 0 Å². The van der Waals surface area contributed by atoms with E-state index in [0.29, 0.717) is 0 Å². The van der Waals surface area contributed by atoms with Crippen LogP contribution in [0.5, 0.6) is 0 Å². The normalized spacial score (nSPS) is 27.9. The second-order valence-electron chi connectivity index (χ2n) is 4.64. The molecule has 0 aliphatic heterocycles. The quantitative estimate of drug-likeness (QED) is 0.881. The van der Waals surface area contributed by atoms with E-state index in [2.05, 4.69) is 0 Å². The van der Waals surface area contributed by atoms with Gasteiger partial charge in [-0.1, -0.05) is 0 Å². The Kier molecular flexibility index (Phi) is 3.21. The van der Waals surface area contributed by atoms with Crippen molar-refractivity contribution in [2.45, 2.75) is 38.0 Å². The van der Waals surface area contributed by atoms with Gasteiger partial charge in [0, 0.05) is 23.6 Å². The molecular weight excluding hydrogens is 246 g/mol. The maximum atomic E-state index is 13.4. The molecule has 0 spiro atoms. The lowest BCUT2D eigenvalue weighted by Crippen LogP contribution is -2.34. The summed E-state index contributed by atoms with van der Waals surface area (Å²) in [6, 6.07) is 1.83. The molecule has 1 aromatic heterocycles. The Bertz CT molecular complexity index is 428. The molecule has 2 rings (SSSR count). The molecule has 0 unspecified atom stereocenters. The number of carbonyl (C=O) groups is 1. The summed E-state index contributed by atoms with van der Waals surface area (Å²) in [6.45, 7) is 1.89. The number of hydrogen-bond donors (Lipinski definition) is 1. The molecular formula is C12H14F2O2S. The summed E-state index contributed by atoms with van der Waals surface area (Å²) in [4.78, 5) is 12.1. The summed E-state index contributed by atoms with van der Waals surface area (Å²) in [5, 5.41) is 10.9. The monoisotopic (exact) mass is 260 g/mol. The molecule has 94 valence electrons. The third-order valence-electron chi connectivity index (χ3n) is 3.32. The average molecular weight is 260 g/mol. The Morgan fingerprint density at radius 1 is 1.59 bits per heavy atom. The third kappa shape index (κ3) is 2.65. The number of aliphatic carboxylic acids is 1. The molecule has 1 N–H and O–H groups in total. The molecule has 2 atom stereocenters. The van der Waals surface area contributed by atoms with E-state index in [9.17, 15) is 13.6 Å². The van der Waals surface area contributed by atoms with Gasteiger partial charge < -0.3 is 5.11 Å². The SMILES string of the molecule is Cc1cc([C@H]2CC(F)(F)CC[C@@H]2C(=O)O)cs1. The van der Waals surface area contributed by atoms with Crippen LogP contribution in [0, 0.1) is 12.8 Å². The van der Waals surface area contributed by atoms with Crippen molar-refractivity contribution in [2.24, 2.45) is 5.92 Å². The highest BCUT2D eigenvalue weighted by Crippen LogP contribution is 2.46. The Morgan fingerprint density at radius 2 is 2.29 bits per heavy atom. The number of halogens is 2. The molecule has 2 nitrogen and oxygen atoms in total. The van der Waals surface area contributed by atoms with Crippen LogP contribution in [0.2, 0.25) is 0 Å². The van der Waals surface area contributed by atoms with Crippen LogP contribution in [-0.4, -0.2) is 17.0 Å². The molecule has 1 heterocycles. The average Bonchev–Trinajstić information content (AvgIpc) is 2.62. The zero-order chi connectivity index (χ0) is 12.6. The highest BCUT2D eigenvalue weighted by molar-refractivity contribution is 7.10. The minimum absolute atomic E-state index is 0.0574. The number of thiophene rings is 1. The van der Waals surface area contributed by atoms with E-state index >= 15 is 0 Å². The second kappa shape index (κ2) is 4.37. The topological polar surface area (TPSA) is 37.3 Å². The molecule has 17 heavy (non-hydrogen) atoms. The summed E-state index contributed by atoms with van der Waals surface area (Å²) in [5.74, 6) is -4.92. The zero-order valence-electron chi connectivity index (χ0n) is 9.45. The second-order valence-corrected chi connectivity index (χ2v) is 5.76. The van der Waals surface area contributed by atoms with E-state index in [4.69, 9.17) is 5.11 Å². The van der Waals surface area contributed by atoms with Crippen LogP contribution in [0.15, 0.2) is 11.4 Å². The third-order valence-corrected chi connectivity index (χ3v) is 4.20. The van der Waals surface area contributed by atoms with Crippen LogP contribution < -0.4 is 0 Å². The highest BCUT2D eigenvalue weighted by Gasteiger charge is 2.44. The Balaban J connectivity index is 2.28. The zero-order valence-corrected chi connectivity index (χ0v) is 10.3. The maximum absolute atomic E-state index is 13.4. The van der Waals surface area contributed by atoms with Gasteiger partial charge in [0.05, 0.1) is 5.92 Å². The van der Waals surface area contributed by atoms with Gasteiger partial charge in [0.1, 0.15) is 0 Å². The number of hydrogen-bond acceptors (Lipinski definition) is 2. The van der Waals surface area contributed by atoms with E-state index < -0.39 is 23.7 Å². The molecule has 0 bridgehead atoms. The number of rotatable bonds is 2. The lowest BCUT2D eigenvalue weighted by atomic mass is 9.74. The Labute approximate surface area is 102 Å². The summed E-state index contributed by atoms with van der Waals surface area (Å²) in [6.07, 6.45) is -0.606. The molecule has 1 aromatic rings. The van der Waals surface area contributed by atoms with Crippen molar-refractivity contribution < 1.29 is 18.7 Å². The first-order valence-electron chi connectivity index (χ1n) is 5.55. The molecule has 0 aromatic carbocycles. The molecule has 1 saturated carbocycles. The number of carboxylic acids is 1. The first-order valence-corrected chi connectivity index (χ1v) is 6.43. The fourth-order valence-electron chi connectivity index (χ4n) is 2.44. The molecule has 5 heteroatoms. The van der Waals surface area contributed by atoms with Crippen molar-refractivity contribution in [1.29, 1.82) is 0 Å². The summed E-state index contributed by atoms with van der Waals surface area (Å²) < 4.78 is 26.8. The predicted octanol–water partition coefficient (Wildman–Crippen LogP) is 3.66. The van der Waals surface area contributed by atoms with Crippen LogP contribution in [-0.2, 0) is 4.79 Å². The smallest absolute Gasteiger partial charge is 0.307 e. The highest BCUT2D eigenvalue weighted by atomic mass is 32.1. The van der Waals surface area contributed by atoms with Gasteiger partial charge in [-0.15, -0.1) is 11.3 Å². The maximum Gasteiger partial charge on any atom is 0.307 e. The lowest BCUT2D eigenvalue weighted by molar-refractivity contribution is -0.147. The van der Waals surface area contributed by atoms with Crippen molar-refractivity contribution in [3.05, 3.63) is 21.9 Å². The molecule has 0 amide bonds. The van der Waals surface area contributed by atoms with Crippen LogP contribution in [0.25, 0.3) is 0 Å². The minimum Gasteiger partial charge on any atom is -0.481 e. The number of carboxylic acid groups (broad SMARTS) is 1. The van der Waals surface area contributed by atoms with Gasteiger partial charge in [0.15, 0.2) is 0 Å². The summed E-state index contributed by atoms with van der Waals surface area (Å²) in [7, 11) is 0. The largest absolute Gasteiger partial charge is 0.481 e. The van der Waals surface area contributed by atoms with E-state index in [0.717, 1.165) is 10.4 Å². The lowest BCUT2D eigenvalue weighted by Gasteiger charge is -2.33. The fourth-order valence-corrected chi connectivity index (χ4v) is 3.21. The summed E-state index contributed by atoms with van der Waals surface area (Å²) >= 11 is 1.47. The van der Waals surface area contributed by atoms with Gasteiger partial charge in [-0.3, -0.25) is 4.79 Å². The molecule has 1 aliphatic rings. The van der Waals surface area contributed by atoms with Crippen LogP contribution >= 0.6 is 11.3 Å². The van der Waals surface area contributed by atoms with Crippen molar-refractivity contribution in [3.63, 3.8) is 0 Å². The van der Waals surface area contributed by atoms with Crippen molar-refractivity contribution in [3.8, 4) is 0 Å². The summed E-state index contributed by atoms with van der Waals surface area (Å²) in [5.41, 5.74) is 0.749. The fraction of sp³-hybridized carbons (Fsp3) is 0.583. The van der Waals surface area contributed by atoms with E-state index in [1.807, 2.05) is 13.0 Å². The van der Waals surface area contributed by atoms with Gasteiger partial charge in [0.2, 0.25) is 5.92 Å². The Morgan fingerprint density at radius 3 is 2.82 bits per heavy atom. The van der Waals surface area contributed by atoms with E-state index in [1.165, 1.54) is 11.3 Å². The van der Waals surface area contributed by atoms with Gasteiger partial charge >= 0.3 is 5.97 Å². The van der Waals surface area contributed by atoms with Crippen molar-refractivity contribution in [1.82, 2.24) is 0 Å². The molecule has 0 radical (unpaired) electrons. The first kappa shape index (κ1) is 12.5. The standard InChI is InChI=1S/C12H14F2O2S/c1-7-4-8(6-17-7)10-5-12(13,14)3-2-9(10)11(15)16/h4,6,9-10H,2-3,5H2,1H3,(H,15,16)/t9-,10+/m0/s1. The van der Waals surface area contributed by atoms with E-state index in [1.54, 1.807) is 5.38 Å². The molecule has 1 fully saturated rings. The van der Waals surface area contributed by atoms with Crippen LogP contribution in [0.4, 0.5) is 8.78 Å².